The number of nitrogens with zero attached hydrogens (tertiary/aromatic N) is 5. The van der Waals surface area contributed by atoms with Gasteiger partial charge in [-0.2, -0.15) is 0 Å². The summed E-state index contributed by atoms with van der Waals surface area (Å²) in [6.07, 6.45) is 45.4. The second-order valence-corrected chi connectivity index (χ2v) is 41.6. The topological polar surface area (TPSA) is 43.9 Å². The molecule has 658 valence electrons. The number of piperidine rings is 5. The van der Waals surface area contributed by atoms with Crippen LogP contribution in [0.2, 0.25) is 5.02 Å². The summed E-state index contributed by atoms with van der Waals surface area (Å²) in [5.41, 5.74) is 11.9. The predicted molar refractivity (Wildman–Crippen MR) is 499 cm³/mol. The van der Waals surface area contributed by atoms with E-state index in [9.17, 15) is 8.78 Å². The average molecular weight is 1690 g/mol. The molecule has 3 unspecified atom stereocenters. The van der Waals surface area contributed by atoms with Gasteiger partial charge in [0.25, 0.3) is 0 Å². The number of allylic oxidation sites excluding steroid dienone is 4. The number of methoxy groups -OCH3 is 2. The van der Waals surface area contributed by atoms with Gasteiger partial charge in [0.2, 0.25) is 0 Å². The fraction of sp³-hybridized carbons (Fsp3) is 0.586. The average Bonchev–Trinajstić information content (AvgIpc) is 1.63. The van der Waals surface area contributed by atoms with Gasteiger partial charge >= 0.3 is 0 Å². The van der Waals surface area contributed by atoms with E-state index < -0.39 is 17.3 Å². The number of halogens is 4. The van der Waals surface area contributed by atoms with E-state index >= 15 is 4.39 Å². The lowest BCUT2D eigenvalue weighted by atomic mass is 9.83. The van der Waals surface area contributed by atoms with Crippen LogP contribution in [0.1, 0.15) is 243 Å². The van der Waals surface area contributed by atoms with Gasteiger partial charge in [0.05, 0.1) is 20.8 Å². The highest BCUT2D eigenvalue weighted by Gasteiger charge is 2.48. The zero-order valence-electron chi connectivity index (χ0n) is 75.0. The fourth-order valence-electron chi connectivity index (χ4n) is 27.3. The van der Waals surface area contributed by atoms with Crippen LogP contribution in [0, 0.1) is 96.5 Å². The van der Waals surface area contributed by atoms with Crippen LogP contribution in [0.25, 0.3) is 22.3 Å². The maximum atomic E-state index is 15.6. The summed E-state index contributed by atoms with van der Waals surface area (Å²) in [7, 11) is 3.29. The summed E-state index contributed by atoms with van der Waals surface area (Å²) in [6, 6.07) is 53.4. The Labute approximate surface area is 741 Å². The standard InChI is InChI=1S/C25H29F2NO.C25H31N.C21H31NO.C20H25ClFNO.C20H27N/c1-29-25-7-4-18(21-6-5-20(26)15-23(21)27)14-22(25)17-8-10-28(11-9-17)24-13-16-2-3-19(24)12-16;1-18-6-9-20(10-7-18)23-4-2-3-5-24(23)21-12-14-26(15-13-21)25-17-19-8-11-22(25)16-19;1-2-13-23-21-6-4-3-5-19(21)17-9-11-22(12-10-17)20-15-16-7-8-18(20)14-16;1-24-19-5-4-17(21)12-18(19)20(22)6-8-23(9-7-20)13-16-11-14-2-3-15(16)10-14;1-15-4-2-3-5-20(15)17-8-10-21(11-9-17)14-19-13-16-6-7-18(19)12-16/h4-7,14-17,19,24H,2-3,8-13H2,1H3;2-7,9-10,19,21-22,25H,8,11-17H2,1H3;3-6,16-18,20H,2,7-15H2,1H3;2-5,12,14-16H,6-11,13H2,1H3;2-7,16-19H,8-14H2,1H3/t16-,19-,24-;19-,22-,25-;16-,18-,20-;14-,15-,16-;/m0000./s1. The summed E-state index contributed by atoms with van der Waals surface area (Å²) in [6.45, 7) is 21.6. The smallest absolute Gasteiger partial charge is 0.142 e. The third-order valence-corrected chi connectivity index (χ3v) is 34.2. The van der Waals surface area contributed by atoms with E-state index in [4.69, 9.17) is 25.8 Å². The van der Waals surface area contributed by atoms with E-state index in [1.54, 1.807) is 43.5 Å². The number of alkyl halides is 1. The number of benzene rings is 7. The van der Waals surface area contributed by atoms with Gasteiger partial charge in [-0.1, -0.05) is 165 Å². The lowest BCUT2D eigenvalue weighted by Gasteiger charge is -2.40. The van der Waals surface area contributed by atoms with Crippen molar-refractivity contribution in [3.63, 3.8) is 0 Å². The van der Waals surface area contributed by atoms with Crippen molar-refractivity contribution >= 4 is 11.6 Å². The third-order valence-electron chi connectivity index (χ3n) is 33.9. The number of likely N-dealkylation sites (tertiary alicyclic amines) is 5. The summed E-state index contributed by atoms with van der Waals surface area (Å²) >= 11 is 6.09. The molecular formula is C111H143ClF3N5O3. The second kappa shape index (κ2) is 39.9. The maximum Gasteiger partial charge on any atom is 0.142 e. The highest BCUT2D eigenvalue weighted by atomic mass is 35.5. The molecule has 5 aliphatic heterocycles. The number of hydrogen-bond acceptors (Lipinski definition) is 8. The molecule has 8 nitrogen and oxygen atoms in total. The van der Waals surface area contributed by atoms with Gasteiger partial charge in [0.1, 0.15) is 34.6 Å². The third kappa shape index (κ3) is 20.3. The molecule has 10 bridgehead atoms. The van der Waals surface area contributed by atoms with Gasteiger partial charge in [0.15, 0.2) is 0 Å². The maximum absolute atomic E-state index is 15.6. The number of para-hydroxylation sites is 1. The Bertz CT molecular complexity index is 4680. The molecule has 0 aromatic heterocycles. The summed E-state index contributed by atoms with van der Waals surface area (Å²) in [5.74, 6) is 15.4. The molecule has 22 rings (SSSR count). The van der Waals surface area contributed by atoms with Crippen molar-refractivity contribution in [3.8, 4) is 39.5 Å². The Morgan fingerprint density at radius 3 is 1.38 bits per heavy atom. The number of hydrogen-bond donors (Lipinski definition) is 0. The Kier molecular flexibility index (Phi) is 28.2. The van der Waals surface area contributed by atoms with Crippen molar-refractivity contribution in [2.75, 3.05) is 99.4 Å². The minimum Gasteiger partial charge on any atom is -0.496 e. The fourth-order valence-corrected chi connectivity index (χ4v) is 27.5. The van der Waals surface area contributed by atoms with E-state index in [-0.39, 0.29) is 0 Å². The van der Waals surface area contributed by atoms with Crippen molar-refractivity contribution < 1.29 is 27.4 Å². The molecule has 8 saturated carbocycles. The first-order valence-corrected chi connectivity index (χ1v) is 49.6. The summed E-state index contributed by atoms with van der Waals surface area (Å²) in [5, 5.41) is 0.569. The van der Waals surface area contributed by atoms with Gasteiger partial charge in [-0.25, -0.2) is 13.2 Å². The molecule has 123 heavy (non-hydrogen) atoms. The van der Waals surface area contributed by atoms with E-state index in [2.05, 4.69) is 167 Å². The van der Waals surface area contributed by atoms with Crippen molar-refractivity contribution in [2.24, 2.45) is 71.0 Å². The van der Waals surface area contributed by atoms with Gasteiger partial charge in [-0.05, 0) is 408 Å². The number of ether oxygens (including phenoxy) is 3. The summed E-state index contributed by atoms with van der Waals surface area (Å²) < 4.78 is 60.2. The van der Waals surface area contributed by atoms with Crippen LogP contribution in [0.5, 0.6) is 17.2 Å². The monoisotopic (exact) mass is 1690 g/mol. The van der Waals surface area contributed by atoms with Crippen molar-refractivity contribution in [3.05, 3.63) is 232 Å². The van der Waals surface area contributed by atoms with Crippen molar-refractivity contribution in [2.45, 2.75) is 242 Å². The van der Waals surface area contributed by atoms with Crippen LogP contribution in [-0.4, -0.2) is 142 Å². The van der Waals surface area contributed by atoms with Crippen molar-refractivity contribution in [1.29, 1.82) is 0 Å². The van der Waals surface area contributed by atoms with Crippen molar-refractivity contribution in [1.82, 2.24) is 24.5 Å². The van der Waals surface area contributed by atoms with Crippen LogP contribution >= 0.6 is 11.6 Å². The lowest BCUT2D eigenvalue weighted by Crippen LogP contribution is -2.43. The largest absolute Gasteiger partial charge is 0.496 e. The molecule has 15 atom stereocenters. The van der Waals surface area contributed by atoms with Gasteiger partial charge < -0.3 is 38.7 Å². The first-order chi connectivity index (χ1) is 60.1. The minimum atomic E-state index is -1.33. The van der Waals surface area contributed by atoms with Crippen LogP contribution in [0.4, 0.5) is 13.2 Å². The molecule has 0 spiro atoms. The van der Waals surface area contributed by atoms with E-state index in [1.165, 1.54) is 227 Å². The Morgan fingerprint density at radius 1 is 0.407 bits per heavy atom. The van der Waals surface area contributed by atoms with Gasteiger partial charge in [0, 0.05) is 66.5 Å². The van der Waals surface area contributed by atoms with Crippen LogP contribution < -0.4 is 14.2 Å². The molecule has 15 aliphatic rings. The highest BCUT2D eigenvalue weighted by Crippen LogP contribution is 2.54. The minimum absolute atomic E-state index is 0.420. The normalized spacial score (nSPS) is 30.4. The van der Waals surface area contributed by atoms with Gasteiger partial charge in [-0.3, -0.25) is 0 Å². The molecule has 7 aromatic carbocycles. The molecule has 0 N–H and O–H groups in total. The molecule has 10 aliphatic carbocycles. The van der Waals surface area contributed by atoms with E-state index in [0.717, 1.165) is 188 Å². The molecule has 0 amide bonds. The molecule has 5 saturated heterocycles. The van der Waals surface area contributed by atoms with Crippen LogP contribution in [-0.2, 0) is 5.67 Å². The number of aryl methyl sites for hydroxylation is 2. The molecule has 12 heteroatoms. The quantitative estimate of drug-likeness (QED) is 0.0742. The Hall–Kier alpha value is -6.70. The van der Waals surface area contributed by atoms with Gasteiger partial charge in [-0.15, -0.1) is 0 Å². The summed E-state index contributed by atoms with van der Waals surface area (Å²) in [4.78, 5) is 13.6. The molecule has 13 fully saturated rings. The first-order valence-electron chi connectivity index (χ1n) is 49.2. The van der Waals surface area contributed by atoms with E-state index in [1.807, 2.05) is 18.2 Å². The first kappa shape index (κ1) is 87.0. The Morgan fingerprint density at radius 2 is 0.886 bits per heavy atom. The molecule has 5 heterocycles. The zero-order chi connectivity index (χ0) is 84.1. The van der Waals surface area contributed by atoms with Crippen LogP contribution in [0.3, 0.4) is 0 Å². The SMILES string of the molecule is CCCOc1ccccc1C1CCN([C@H]2C[C@H]3CC[C@H]2C3)CC1.COc1ccc(-c2ccc(F)cc2F)cc1C1CCN([C@H]2C[C@H]3CC[C@H]2C3)CC1.COc1ccc(Cl)cc1C1(F)CCN(C[C@@H]2C[C@H]3C=C[C@H]2C3)CC1.Cc1ccc(-c2ccccc2C2CCN([C@H]3C[C@H]4CC[C@H]3C4)CC2)cc1.Cc1ccccc1C1CCN(CC2CC3C=CC2C3)CC1. The lowest BCUT2D eigenvalue weighted by molar-refractivity contribution is 0.0451. The zero-order valence-corrected chi connectivity index (χ0v) is 75.7. The number of fused-ring (bicyclic) bond motifs is 10. The highest BCUT2D eigenvalue weighted by molar-refractivity contribution is 6.30. The van der Waals surface area contributed by atoms with E-state index in [0.29, 0.717) is 46.6 Å². The Balaban J connectivity index is 0.000000105. The molecule has 7 aromatic rings. The van der Waals surface area contributed by atoms with Crippen LogP contribution in [0.15, 0.2) is 176 Å². The molecule has 0 radical (unpaired) electrons. The predicted octanol–water partition coefficient (Wildman–Crippen LogP) is 26.1. The molecular weight excluding hydrogens is 1540 g/mol. The number of rotatable bonds is 19. The second-order valence-electron chi connectivity index (χ2n) is 41.2.